The molecule has 0 aromatic heterocycles. The van der Waals surface area contributed by atoms with Crippen molar-refractivity contribution in [2.75, 3.05) is 5.32 Å². The van der Waals surface area contributed by atoms with E-state index in [-0.39, 0.29) is 12.1 Å². The Morgan fingerprint density at radius 3 is 2.10 bits per heavy atom. The van der Waals surface area contributed by atoms with E-state index in [1.54, 1.807) is 18.2 Å². The molecule has 1 rings (SSSR count). The van der Waals surface area contributed by atoms with Gasteiger partial charge in [0.05, 0.1) is 15.7 Å². The predicted molar refractivity (Wildman–Crippen MR) is 90.7 cm³/mol. The molecule has 7 heteroatoms. The zero-order valence-electron chi connectivity index (χ0n) is 12.6. The van der Waals surface area contributed by atoms with Gasteiger partial charge in [0.2, 0.25) is 0 Å². The molecule has 1 aromatic carbocycles. The molecule has 0 amide bonds. The Morgan fingerprint density at radius 1 is 1.24 bits per heavy atom. The molecule has 0 bridgehead atoms. The fourth-order valence-corrected chi connectivity index (χ4v) is 1.68. The number of para-hydroxylation sites is 1. The van der Waals surface area contributed by atoms with Gasteiger partial charge in [-0.05, 0) is 39.8 Å². The van der Waals surface area contributed by atoms with Crippen LogP contribution in [-0.2, 0) is 0 Å². The predicted octanol–water partition coefficient (Wildman–Crippen LogP) is 3.59. The van der Waals surface area contributed by atoms with Gasteiger partial charge >= 0.3 is 0 Å². The van der Waals surface area contributed by atoms with Gasteiger partial charge in [-0.3, -0.25) is 4.99 Å². The van der Waals surface area contributed by atoms with Gasteiger partial charge < -0.3 is 16.4 Å². The summed E-state index contributed by atoms with van der Waals surface area (Å²) in [5, 5.41) is 14.3. The number of hydrogen-bond acceptors (Lipinski definition) is 3. The van der Waals surface area contributed by atoms with Crippen molar-refractivity contribution < 1.29 is 0 Å². The van der Waals surface area contributed by atoms with Gasteiger partial charge in [0.25, 0.3) is 0 Å². The van der Waals surface area contributed by atoms with Crippen molar-refractivity contribution in [2.24, 2.45) is 10.7 Å². The lowest BCUT2D eigenvalue weighted by Gasteiger charge is -2.10. The zero-order chi connectivity index (χ0) is 16.4. The minimum atomic E-state index is 0.124. The van der Waals surface area contributed by atoms with Crippen molar-refractivity contribution >= 4 is 34.8 Å². The van der Waals surface area contributed by atoms with Gasteiger partial charge in [-0.2, -0.15) is 5.26 Å². The number of nitriles is 1. The molecule has 5 nitrogen and oxygen atoms in total. The van der Waals surface area contributed by atoms with Crippen molar-refractivity contribution in [2.45, 2.75) is 39.8 Å². The number of guanidine groups is 1. The third-order valence-electron chi connectivity index (χ3n) is 1.97. The fraction of sp³-hybridized carbons (Fsp3) is 0.429. The van der Waals surface area contributed by atoms with E-state index < -0.39 is 0 Å². The number of benzene rings is 1. The summed E-state index contributed by atoms with van der Waals surface area (Å²) in [5.41, 5.74) is 6.25. The van der Waals surface area contributed by atoms with Crippen molar-refractivity contribution in [1.82, 2.24) is 5.32 Å². The van der Waals surface area contributed by atoms with Gasteiger partial charge in [-0.1, -0.05) is 29.3 Å². The van der Waals surface area contributed by atoms with Crippen LogP contribution in [0.5, 0.6) is 0 Å². The number of nitrogens with two attached hydrogens (primary N) is 1. The van der Waals surface area contributed by atoms with Crippen LogP contribution in [0.3, 0.4) is 0 Å². The monoisotopic (exact) mass is 329 g/mol. The van der Waals surface area contributed by atoms with Crippen LogP contribution in [0.1, 0.15) is 27.7 Å². The van der Waals surface area contributed by atoms with Gasteiger partial charge in [-0.15, -0.1) is 0 Å². The molecule has 0 saturated carbocycles. The normalized spacial score (nSPS) is 10.7. The fourth-order valence-electron chi connectivity index (χ4n) is 1.18. The second-order valence-electron chi connectivity index (χ2n) is 4.74. The molecule has 0 fully saturated rings. The van der Waals surface area contributed by atoms with E-state index in [9.17, 15) is 0 Å². The van der Waals surface area contributed by atoms with Crippen LogP contribution in [0.2, 0.25) is 10.0 Å². The minimum Gasteiger partial charge on any atom is -0.370 e. The summed E-state index contributed by atoms with van der Waals surface area (Å²) in [5.74, 6) is 0.306. The van der Waals surface area contributed by atoms with Crippen LogP contribution in [0.4, 0.5) is 5.69 Å². The summed E-state index contributed by atoms with van der Waals surface area (Å²) >= 11 is 11.9. The van der Waals surface area contributed by atoms with Gasteiger partial charge in [0.15, 0.2) is 12.2 Å². The first-order valence-electron chi connectivity index (χ1n) is 6.46. The number of aliphatic imine (C=N–C) groups is 1. The van der Waals surface area contributed by atoms with E-state index in [1.165, 1.54) is 0 Å². The highest BCUT2D eigenvalue weighted by Gasteiger charge is 2.05. The van der Waals surface area contributed by atoms with Crippen molar-refractivity contribution in [1.29, 1.82) is 5.26 Å². The number of halogens is 2. The lowest BCUT2D eigenvalue weighted by atomic mass is 10.3. The highest BCUT2D eigenvalue weighted by atomic mass is 35.5. The van der Waals surface area contributed by atoms with Crippen LogP contribution in [0, 0.1) is 11.5 Å². The van der Waals surface area contributed by atoms with Crippen molar-refractivity contribution in [3.05, 3.63) is 28.2 Å². The third-order valence-corrected chi connectivity index (χ3v) is 2.60. The Kier molecular flexibility index (Phi) is 9.35. The quantitative estimate of drug-likeness (QED) is 0.342. The van der Waals surface area contributed by atoms with Crippen LogP contribution < -0.4 is 16.4 Å². The lowest BCUT2D eigenvalue weighted by molar-refractivity contribution is 0.714. The van der Waals surface area contributed by atoms with E-state index >= 15 is 0 Å². The Morgan fingerprint density at radius 2 is 1.76 bits per heavy atom. The van der Waals surface area contributed by atoms with Crippen LogP contribution in [0.15, 0.2) is 23.2 Å². The second-order valence-corrected chi connectivity index (χ2v) is 5.55. The molecule has 116 valence electrons. The van der Waals surface area contributed by atoms with E-state index in [0.29, 0.717) is 21.7 Å². The van der Waals surface area contributed by atoms with E-state index in [1.807, 2.05) is 33.9 Å². The Balaban J connectivity index is 0.000000567. The van der Waals surface area contributed by atoms with Gasteiger partial charge in [-0.25, -0.2) is 0 Å². The average Bonchev–Trinajstić information content (AvgIpc) is 2.33. The second kappa shape index (κ2) is 10.1. The molecule has 4 N–H and O–H groups in total. The smallest absolute Gasteiger partial charge is 0.193 e. The van der Waals surface area contributed by atoms with Crippen molar-refractivity contribution in [3.63, 3.8) is 0 Å². The molecular formula is C14H21Cl2N5. The highest BCUT2D eigenvalue weighted by Crippen LogP contribution is 2.29. The number of anilines is 1. The van der Waals surface area contributed by atoms with Crippen LogP contribution in [0.25, 0.3) is 0 Å². The zero-order valence-corrected chi connectivity index (χ0v) is 14.1. The summed E-state index contributed by atoms with van der Waals surface area (Å²) in [6, 6.07) is 5.65. The molecule has 0 radical (unpaired) electrons. The number of nitrogens with zero attached hydrogens (tertiary/aromatic N) is 2. The largest absolute Gasteiger partial charge is 0.370 e. The first kappa shape index (κ1) is 19.4. The number of hydrogen-bond donors (Lipinski definition) is 3. The molecular weight excluding hydrogens is 309 g/mol. The van der Waals surface area contributed by atoms with E-state index in [4.69, 9.17) is 34.2 Å². The lowest BCUT2D eigenvalue weighted by Crippen LogP contribution is -2.24. The molecule has 0 heterocycles. The van der Waals surface area contributed by atoms with Crippen LogP contribution in [-0.4, -0.2) is 18.0 Å². The first-order chi connectivity index (χ1) is 9.77. The van der Waals surface area contributed by atoms with Crippen molar-refractivity contribution in [3.8, 4) is 6.19 Å². The molecule has 1 aromatic rings. The molecule has 0 atom stereocenters. The minimum absolute atomic E-state index is 0.124. The van der Waals surface area contributed by atoms with E-state index in [0.717, 1.165) is 0 Å². The summed E-state index contributed by atoms with van der Waals surface area (Å²) < 4.78 is 0. The number of rotatable bonds is 3. The summed E-state index contributed by atoms with van der Waals surface area (Å²) in [6.45, 7) is 7.71. The average molecular weight is 330 g/mol. The maximum absolute atomic E-state index is 7.88. The third kappa shape index (κ3) is 9.01. The standard InChI is InChI=1S/C10H13Cl2N3.C4H8N2/c1-6(2)14-10(13)15-9-7(11)4-3-5-8(9)12;1-4(2)6-3-5/h3-6H,1-2H3,(H3,13,14,15);4,6H,1-2H3. The first-order valence-corrected chi connectivity index (χ1v) is 7.22. The Hall–Kier alpha value is -1.64. The number of nitrogens with one attached hydrogen (secondary N) is 2. The molecule has 0 unspecified atom stereocenters. The summed E-state index contributed by atoms with van der Waals surface area (Å²) in [6.07, 6.45) is 1.82. The highest BCUT2D eigenvalue weighted by molar-refractivity contribution is 6.39. The molecule has 0 aliphatic heterocycles. The Bertz CT molecular complexity index is 486. The van der Waals surface area contributed by atoms with E-state index in [2.05, 4.69) is 15.6 Å². The van der Waals surface area contributed by atoms with Crippen LogP contribution >= 0.6 is 23.2 Å². The Labute approximate surface area is 136 Å². The maximum atomic E-state index is 7.88. The maximum Gasteiger partial charge on any atom is 0.193 e. The van der Waals surface area contributed by atoms with Gasteiger partial charge in [0.1, 0.15) is 0 Å². The topological polar surface area (TPSA) is 86.2 Å². The molecule has 0 saturated heterocycles. The summed E-state index contributed by atoms with van der Waals surface area (Å²) in [4.78, 5) is 4.12. The molecule has 21 heavy (non-hydrogen) atoms. The summed E-state index contributed by atoms with van der Waals surface area (Å²) in [7, 11) is 0. The molecule has 0 aliphatic rings. The molecule has 0 spiro atoms. The molecule has 0 aliphatic carbocycles. The van der Waals surface area contributed by atoms with Gasteiger partial charge in [0, 0.05) is 12.1 Å². The SMILES string of the molecule is CC(C)N=C(N)Nc1c(Cl)cccc1Cl.CC(C)NC#N.